The molecule has 0 amide bonds. The summed E-state index contributed by atoms with van der Waals surface area (Å²) >= 11 is 6.97. The van der Waals surface area contributed by atoms with Crippen molar-refractivity contribution in [3.8, 4) is 5.69 Å². The number of benzene rings is 2. The van der Waals surface area contributed by atoms with Crippen molar-refractivity contribution in [2.75, 3.05) is 6.26 Å². The zero-order chi connectivity index (χ0) is 14.1. The van der Waals surface area contributed by atoms with Gasteiger partial charge in [0.05, 0.1) is 16.6 Å². The number of fused-ring (bicyclic) bond motifs is 1. The van der Waals surface area contributed by atoms with Gasteiger partial charge in [0.25, 0.3) is 5.56 Å². The van der Waals surface area contributed by atoms with E-state index < -0.39 is 0 Å². The third-order valence-corrected chi connectivity index (χ3v) is 4.16. The van der Waals surface area contributed by atoms with E-state index >= 15 is 0 Å². The molecule has 0 bridgehead atoms. The van der Waals surface area contributed by atoms with Crippen molar-refractivity contribution in [3.05, 3.63) is 63.7 Å². The fraction of sp³-hybridized carbons (Fsp3) is 0.0667. The first-order chi connectivity index (χ1) is 9.70. The second-order valence-corrected chi connectivity index (χ2v) is 5.58. The SMILES string of the molecule is CSc1ccc(-n2c(=S)[nH]c3ccccc3c2=O)cc1. The molecule has 0 saturated heterocycles. The average Bonchev–Trinajstić information content (AvgIpc) is 2.48. The van der Waals surface area contributed by atoms with Crippen LogP contribution in [0.5, 0.6) is 0 Å². The average molecular weight is 300 g/mol. The van der Waals surface area contributed by atoms with Crippen molar-refractivity contribution >= 4 is 34.9 Å². The van der Waals surface area contributed by atoms with Gasteiger partial charge in [0, 0.05) is 4.90 Å². The lowest BCUT2D eigenvalue weighted by Crippen LogP contribution is -2.20. The molecule has 0 atom stereocenters. The van der Waals surface area contributed by atoms with Gasteiger partial charge in [-0.15, -0.1) is 11.8 Å². The predicted octanol–water partition coefficient (Wildman–Crippen LogP) is 3.77. The van der Waals surface area contributed by atoms with E-state index in [2.05, 4.69) is 4.98 Å². The molecule has 0 saturated carbocycles. The molecule has 0 radical (unpaired) electrons. The maximum Gasteiger partial charge on any atom is 0.266 e. The van der Waals surface area contributed by atoms with Crippen LogP contribution in [0, 0.1) is 4.77 Å². The van der Waals surface area contributed by atoms with Gasteiger partial charge in [-0.25, -0.2) is 0 Å². The summed E-state index contributed by atoms with van der Waals surface area (Å²) in [5, 5.41) is 0.634. The van der Waals surface area contributed by atoms with Gasteiger partial charge >= 0.3 is 0 Å². The van der Waals surface area contributed by atoms with Crippen molar-refractivity contribution in [2.45, 2.75) is 4.90 Å². The Morgan fingerprint density at radius 3 is 2.50 bits per heavy atom. The molecule has 0 spiro atoms. The van der Waals surface area contributed by atoms with E-state index in [1.165, 1.54) is 4.57 Å². The van der Waals surface area contributed by atoms with Crippen LogP contribution in [0.4, 0.5) is 0 Å². The minimum atomic E-state index is -0.0961. The summed E-state index contributed by atoms with van der Waals surface area (Å²) in [6, 6.07) is 15.2. The van der Waals surface area contributed by atoms with Gasteiger partial charge in [-0.2, -0.15) is 0 Å². The Labute approximate surface area is 125 Å². The molecule has 0 fully saturated rings. The first-order valence-corrected chi connectivity index (χ1v) is 7.72. The maximum atomic E-state index is 12.6. The first kappa shape index (κ1) is 13.1. The highest BCUT2D eigenvalue weighted by Crippen LogP contribution is 2.17. The molecule has 0 aliphatic heterocycles. The monoisotopic (exact) mass is 300 g/mol. The van der Waals surface area contributed by atoms with Gasteiger partial charge in [-0.05, 0) is 54.9 Å². The van der Waals surface area contributed by atoms with Crippen LogP contribution in [-0.4, -0.2) is 15.8 Å². The minimum absolute atomic E-state index is 0.0961. The molecule has 0 aliphatic carbocycles. The highest BCUT2D eigenvalue weighted by Gasteiger charge is 2.06. The van der Waals surface area contributed by atoms with E-state index in [0.717, 1.165) is 16.1 Å². The number of H-pyrrole nitrogens is 1. The molecule has 3 rings (SSSR count). The predicted molar refractivity (Wildman–Crippen MR) is 86.5 cm³/mol. The van der Waals surface area contributed by atoms with Crippen LogP contribution in [0.1, 0.15) is 0 Å². The summed E-state index contributed by atoms with van der Waals surface area (Å²) < 4.78 is 1.94. The Hall–Kier alpha value is -1.85. The van der Waals surface area contributed by atoms with Gasteiger partial charge in [-0.1, -0.05) is 12.1 Å². The third kappa shape index (κ3) is 2.19. The molecular weight excluding hydrogens is 288 g/mol. The van der Waals surface area contributed by atoms with E-state index in [1.54, 1.807) is 17.8 Å². The lowest BCUT2D eigenvalue weighted by atomic mass is 10.2. The number of nitrogens with one attached hydrogen (secondary N) is 1. The molecule has 5 heteroatoms. The molecule has 0 unspecified atom stereocenters. The maximum absolute atomic E-state index is 12.6. The van der Waals surface area contributed by atoms with E-state index in [-0.39, 0.29) is 5.56 Å². The number of para-hydroxylation sites is 1. The summed E-state index contributed by atoms with van der Waals surface area (Å²) in [5.74, 6) is 0. The molecular formula is C15H12N2OS2. The summed E-state index contributed by atoms with van der Waals surface area (Å²) in [6.45, 7) is 0. The van der Waals surface area contributed by atoms with Gasteiger partial charge < -0.3 is 4.98 Å². The highest BCUT2D eigenvalue weighted by atomic mass is 32.2. The van der Waals surface area contributed by atoms with Crippen LogP contribution >= 0.6 is 24.0 Å². The third-order valence-electron chi connectivity index (χ3n) is 3.14. The van der Waals surface area contributed by atoms with Crippen LogP contribution in [0.3, 0.4) is 0 Å². The lowest BCUT2D eigenvalue weighted by molar-refractivity contribution is 0.938. The normalized spacial score (nSPS) is 10.8. The number of rotatable bonds is 2. The molecule has 1 N–H and O–H groups in total. The minimum Gasteiger partial charge on any atom is -0.331 e. The summed E-state index contributed by atoms with van der Waals surface area (Å²) in [5.41, 5.74) is 1.44. The van der Waals surface area contributed by atoms with Gasteiger partial charge in [0.1, 0.15) is 0 Å². The zero-order valence-corrected chi connectivity index (χ0v) is 12.4. The number of aromatic nitrogens is 2. The van der Waals surface area contributed by atoms with Crippen molar-refractivity contribution in [1.29, 1.82) is 0 Å². The van der Waals surface area contributed by atoms with Crippen LogP contribution in [0.2, 0.25) is 0 Å². The summed E-state index contributed by atoms with van der Waals surface area (Å²) in [4.78, 5) is 16.8. The van der Waals surface area contributed by atoms with Crippen LogP contribution in [0.25, 0.3) is 16.6 Å². The fourth-order valence-electron chi connectivity index (χ4n) is 2.13. The Kier molecular flexibility index (Phi) is 3.46. The van der Waals surface area contributed by atoms with E-state index in [4.69, 9.17) is 12.2 Å². The first-order valence-electron chi connectivity index (χ1n) is 6.09. The zero-order valence-electron chi connectivity index (χ0n) is 10.8. The molecule has 1 heterocycles. The van der Waals surface area contributed by atoms with Crippen molar-refractivity contribution in [1.82, 2.24) is 9.55 Å². The van der Waals surface area contributed by atoms with Crippen LogP contribution in [0.15, 0.2) is 58.2 Å². The molecule has 100 valence electrons. The second kappa shape index (κ2) is 5.26. The fourth-order valence-corrected chi connectivity index (χ4v) is 2.83. The molecule has 3 aromatic rings. The number of hydrogen-bond donors (Lipinski definition) is 1. The molecule has 2 aromatic carbocycles. The highest BCUT2D eigenvalue weighted by molar-refractivity contribution is 7.98. The quantitative estimate of drug-likeness (QED) is 0.578. The molecule has 1 aromatic heterocycles. The summed E-state index contributed by atoms with van der Waals surface area (Å²) in [7, 11) is 0. The topological polar surface area (TPSA) is 37.8 Å². The Morgan fingerprint density at radius 1 is 1.10 bits per heavy atom. The standard InChI is InChI=1S/C15H12N2OS2/c1-20-11-8-6-10(7-9-11)17-14(18)12-4-2-3-5-13(12)16-15(17)19/h2-9H,1H3,(H,16,19). The number of hydrogen-bond acceptors (Lipinski definition) is 3. The van der Waals surface area contributed by atoms with E-state index in [0.29, 0.717) is 10.2 Å². The Morgan fingerprint density at radius 2 is 1.80 bits per heavy atom. The van der Waals surface area contributed by atoms with E-state index in [1.807, 2.05) is 48.7 Å². The largest absolute Gasteiger partial charge is 0.331 e. The Balaban J connectivity index is 2.30. The molecule has 0 aliphatic rings. The molecule has 20 heavy (non-hydrogen) atoms. The van der Waals surface area contributed by atoms with Gasteiger partial charge in [0.15, 0.2) is 4.77 Å². The smallest absolute Gasteiger partial charge is 0.266 e. The molecule has 3 nitrogen and oxygen atoms in total. The van der Waals surface area contributed by atoms with Crippen molar-refractivity contribution < 1.29 is 0 Å². The van der Waals surface area contributed by atoms with Crippen molar-refractivity contribution in [2.24, 2.45) is 0 Å². The summed E-state index contributed by atoms with van der Waals surface area (Å²) in [6.07, 6.45) is 2.02. The number of nitrogens with zero attached hydrogens (tertiary/aromatic N) is 1. The van der Waals surface area contributed by atoms with E-state index in [9.17, 15) is 4.79 Å². The van der Waals surface area contributed by atoms with Crippen molar-refractivity contribution in [3.63, 3.8) is 0 Å². The second-order valence-electron chi connectivity index (χ2n) is 4.31. The van der Waals surface area contributed by atoms with Crippen LogP contribution in [-0.2, 0) is 0 Å². The van der Waals surface area contributed by atoms with Crippen LogP contribution < -0.4 is 5.56 Å². The number of thioether (sulfide) groups is 1. The lowest BCUT2D eigenvalue weighted by Gasteiger charge is -2.08. The van der Waals surface area contributed by atoms with Gasteiger partial charge in [-0.3, -0.25) is 9.36 Å². The Bertz CT molecular complexity index is 879. The number of aromatic amines is 1. The van der Waals surface area contributed by atoms with Gasteiger partial charge in [0.2, 0.25) is 0 Å².